The quantitative estimate of drug-likeness (QED) is 0.190. The van der Waals surface area contributed by atoms with Crippen molar-refractivity contribution in [1.29, 1.82) is 0 Å². The molecule has 3 rings (SSSR count). The van der Waals surface area contributed by atoms with Gasteiger partial charge in [0.2, 0.25) is 0 Å². The number of sulfonamides is 1. The first-order chi connectivity index (χ1) is 16.1. The van der Waals surface area contributed by atoms with Crippen molar-refractivity contribution in [2.45, 2.75) is 6.92 Å². The van der Waals surface area contributed by atoms with Gasteiger partial charge >= 0.3 is 0 Å². The molecular formula is C22H27N7O4S. The first kappa shape index (κ1) is 24.6. The van der Waals surface area contributed by atoms with E-state index in [4.69, 9.17) is 15.2 Å². The number of nitrogens with one attached hydrogen (secondary N) is 2. The van der Waals surface area contributed by atoms with E-state index in [-0.39, 0.29) is 22.3 Å². The summed E-state index contributed by atoms with van der Waals surface area (Å²) >= 11 is 0. The second-order valence-electron chi connectivity index (χ2n) is 7.47. The van der Waals surface area contributed by atoms with E-state index in [0.717, 1.165) is 0 Å². The van der Waals surface area contributed by atoms with Crippen LogP contribution in [0.4, 0.5) is 23.0 Å². The monoisotopic (exact) mass is 485 g/mol. The number of rotatable bonds is 8. The van der Waals surface area contributed by atoms with E-state index in [9.17, 15) is 8.42 Å². The Morgan fingerprint density at radius 3 is 2.24 bits per heavy atom. The van der Waals surface area contributed by atoms with Gasteiger partial charge in [0, 0.05) is 26.2 Å². The van der Waals surface area contributed by atoms with E-state index < -0.39 is 10.0 Å². The molecule has 2 aromatic carbocycles. The summed E-state index contributed by atoms with van der Waals surface area (Å²) in [6.45, 7) is 5.29. The van der Waals surface area contributed by atoms with E-state index in [1.807, 2.05) is 0 Å². The molecule has 0 radical (unpaired) electrons. The second kappa shape index (κ2) is 9.83. The molecular weight excluding hydrogens is 458 g/mol. The number of nitrogen functional groups attached to an aromatic ring is 1. The largest absolute Gasteiger partial charge is 0.497 e. The standard InChI is InChI=1S/C22H27N7O4S/c1-13(2)22(27-29(3)4)34(30,31)28-21-20(24-16-9-7-8-10-17(16)25-21)26-18-12-14(32-5)11-15(23)19(18)33-6/h7-12H,1,23H2,2-6H3,(H,24,26)(H,25,28). The third kappa shape index (κ3) is 5.29. The Hall–Kier alpha value is -4.06. The first-order valence-corrected chi connectivity index (χ1v) is 11.5. The summed E-state index contributed by atoms with van der Waals surface area (Å²) < 4.78 is 39.6. The summed E-state index contributed by atoms with van der Waals surface area (Å²) in [6.07, 6.45) is 0. The molecule has 0 aliphatic rings. The Balaban J connectivity index is 2.17. The number of nitrogens with two attached hydrogens (primary N) is 1. The van der Waals surface area contributed by atoms with Crippen molar-refractivity contribution in [3.63, 3.8) is 0 Å². The Morgan fingerprint density at radius 1 is 1.09 bits per heavy atom. The molecule has 0 spiro atoms. The molecule has 3 aromatic rings. The van der Waals surface area contributed by atoms with Crippen LogP contribution in [0.15, 0.2) is 53.7 Å². The Bertz CT molecular complexity index is 1370. The van der Waals surface area contributed by atoms with E-state index in [2.05, 4.69) is 31.7 Å². The highest BCUT2D eigenvalue weighted by molar-refractivity contribution is 8.08. The number of methoxy groups -OCH3 is 2. The topological polar surface area (TPSA) is 144 Å². The lowest BCUT2D eigenvalue weighted by molar-refractivity contribution is 0.406. The molecule has 0 saturated carbocycles. The minimum Gasteiger partial charge on any atom is -0.497 e. The highest BCUT2D eigenvalue weighted by Crippen LogP contribution is 2.38. The normalized spacial score (nSPS) is 11.7. The van der Waals surface area contributed by atoms with Crippen molar-refractivity contribution in [3.8, 4) is 11.5 Å². The van der Waals surface area contributed by atoms with Crippen molar-refractivity contribution < 1.29 is 17.9 Å². The molecule has 0 unspecified atom stereocenters. The van der Waals surface area contributed by atoms with Crippen LogP contribution in [-0.4, -0.2) is 56.8 Å². The molecule has 0 atom stereocenters. The fraction of sp³-hybridized carbons (Fsp3) is 0.227. The predicted molar refractivity (Wildman–Crippen MR) is 135 cm³/mol. The van der Waals surface area contributed by atoms with Gasteiger partial charge < -0.3 is 25.5 Å². The highest BCUT2D eigenvalue weighted by atomic mass is 32.2. The van der Waals surface area contributed by atoms with Gasteiger partial charge in [0.1, 0.15) is 5.75 Å². The van der Waals surface area contributed by atoms with Crippen LogP contribution in [0.3, 0.4) is 0 Å². The number of hydrogen-bond donors (Lipinski definition) is 3. The van der Waals surface area contributed by atoms with Crippen LogP contribution in [0.2, 0.25) is 0 Å². The molecule has 34 heavy (non-hydrogen) atoms. The van der Waals surface area contributed by atoms with Crippen molar-refractivity contribution in [2.75, 3.05) is 44.1 Å². The minimum absolute atomic E-state index is 0.0464. The van der Waals surface area contributed by atoms with Gasteiger partial charge in [0.15, 0.2) is 22.4 Å². The van der Waals surface area contributed by atoms with Gasteiger partial charge in [0.25, 0.3) is 10.0 Å². The molecule has 0 fully saturated rings. The fourth-order valence-corrected chi connectivity index (χ4v) is 4.30. The van der Waals surface area contributed by atoms with E-state index in [0.29, 0.717) is 33.9 Å². The second-order valence-corrected chi connectivity index (χ2v) is 9.07. The SMILES string of the molecule is C=C(C)C(=NN(C)C)S(=O)(=O)Nc1nc2ccccc2nc1Nc1cc(OC)cc(N)c1OC. The Kier molecular flexibility index (Phi) is 7.11. The lowest BCUT2D eigenvalue weighted by Gasteiger charge is -2.18. The number of fused-ring (bicyclic) bond motifs is 1. The van der Waals surface area contributed by atoms with Crippen molar-refractivity contribution in [1.82, 2.24) is 15.0 Å². The van der Waals surface area contributed by atoms with Crippen LogP contribution in [-0.2, 0) is 10.0 Å². The zero-order valence-electron chi connectivity index (χ0n) is 19.6. The van der Waals surface area contributed by atoms with Crippen molar-refractivity contribution in [3.05, 3.63) is 48.6 Å². The lowest BCUT2D eigenvalue weighted by Crippen LogP contribution is -2.27. The summed E-state index contributed by atoms with van der Waals surface area (Å²) in [5.74, 6) is 0.884. The maximum absolute atomic E-state index is 13.2. The van der Waals surface area contributed by atoms with Gasteiger partial charge in [-0.25, -0.2) is 9.97 Å². The molecule has 0 aliphatic carbocycles. The molecule has 180 valence electrons. The van der Waals surface area contributed by atoms with Gasteiger partial charge in [-0.1, -0.05) is 18.7 Å². The van der Waals surface area contributed by atoms with Gasteiger partial charge in [-0.2, -0.15) is 13.5 Å². The average molecular weight is 486 g/mol. The molecule has 0 aliphatic heterocycles. The van der Waals surface area contributed by atoms with Crippen LogP contribution in [0.1, 0.15) is 6.92 Å². The summed E-state index contributed by atoms with van der Waals surface area (Å²) in [6, 6.07) is 10.3. The van der Waals surface area contributed by atoms with Crippen LogP contribution in [0.25, 0.3) is 11.0 Å². The van der Waals surface area contributed by atoms with E-state index in [1.54, 1.807) is 57.4 Å². The average Bonchev–Trinajstić information content (AvgIpc) is 2.77. The molecule has 1 heterocycles. The zero-order chi connectivity index (χ0) is 25.0. The minimum atomic E-state index is -4.15. The van der Waals surface area contributed by atoms with Crippen molar-refractivity contribution >= 4 is 49.1 Å². The zero-order valence-corrected chi connectivity index (χ0v) is 20.4. The fourth-order valence-electron chi connectivity index (χ4n) is 3.07. The summed E-state index contributed by atoms with van der Waals surface area (Å²) in [4.78, 5) is 9.05. The molecule has 12 heteroatoms. The van der Waals surface area contributed by atoms with Crippen LogP contribution in [0.5, 0.6) is 11.5 Å². The highest BCUT2D eigenvalue weighted by Gasteiger charge is 2.25. The molecule has 4 N–H and O–H groups in total. The lowest BCUT2D eigenvalue weighted by atomic mass is 10.2. The first-order valence-electron chi connectivity index (χ1n) is 10.1. The number of anilines is 4. The number of hydrogen-bond acceptors (Lipinski definition) is 10. The molecule has 0 bridgehead atoms. The number of ether oxygens (including phenoxy) is 2. The van der Waals surface area contributed by atoms with E-state index in [1.165, 1.54) is 19.2 Å². The Labute approximate surface area is 198 Å². The molecule has 1 aromatic heterocycles. The summed E-state index contributed by atoms with van der Waals surface area (Å²) in [5, 5.41) is 8.27. The third-order valence-corrected chi connectivity index (χ3v) is 5.90. The van der Waals surface area contributed by atoms with Crippen LogP contribution >= 0.6 is 0 Å². The predicted octanol–water partition coefficient (Wildman–Crippen LogP) is 3.17. The summed E-state index contributed by atoms with van der Waals surface area (Å²) in [5.41, 5.74) is 8.11. The van der Waals surface area contributed by atoms with Crippen molar-refractivity contribution in [2.24, 2.45) is 5.10 Å². The Morgan fingerprint density at radius 2 is 1.71 bits per heavy atom. The third-order valence-electron chi connectivity index (χ3n) is 4.50. The van der Waals surface area contributed by atoms with Gasteiger partial charge in [-0.05, 0) is 24.6 Å². The number of aromatic nitrogens is 2. The summed E-state index contributed by atoms with van der Waals surface area (Å²) in [7, 11) is 2.04. The van der Waals surface area contributed by atoms with Crippen LogP contribution < -0.4 is 25.2 Å². The maximum Gasteiger partial charge on any atom is 0.282 e. The van der Waals surface area contributed by atoms with Gasteiger partial charge in [-0.15, -0.1) is 0 Å². The number of hydrazone groups is 1. The molecule has 11 nitrogen and oxygen atoms in total. The van der Waals surface area contributed by atoms with E-state index >= 15 is 0 Å². The van der Waals surface area contributed by atoms with Gasteiger partial charge in [-0.3, -0.25) is 4.72 Å². The molecule has 0 saturated heterocycles. The number of para-hydroxylation sites is 2. The van der Waals surface area contributed by atoms with Gasteiger partial charge in [0.05, 0.1) is 36.6 Å². The van der Waals surface area contributed by atoms with Crippen LogP contribution in [0, 0.1) is 0 Å². The number of nitrogens with zero attached hydrogens (tertiary/aromatic N) is 4. The smallest absolute Gasteiger partial charge is 0.282 e. The number of benzene rings is 2. The maximum atomic E-state index is 13.2. The molecule has 0 amide bonds.